The van der Waals surface area contributed by atoms with Crippen LogP contribution in [-0.4, -0.2) is 87.3 Å². The van der Waals surface area contributed by atoms with E-state index in [0.29, 0.717) is 33.8 Å². The van der Waals surface area contributed by atoms with Crippen LogP contribution in [0.25, 0.3) is 10.1 Å². The Bertz CT molecular complexity index is 3400. The standard InChI is InChI=1S/C53H42F3N5O10S4/c1-4-70-49(65)38-44(62)35-24-36(54)39(55)40(56)45(35)74-51(38)72-26-30-28-75(67)48-42(47(64)61(48)43(30)50(66)71-25-29-20-22-34(68-2)23-21-29)58-46(63)41(60-69-3)37-27-73-52(57-37)59-53(31-14-8-5-9-15-31,32-16-10-6-11-17-32)33-18-12-7-13-19-33/h5-24,27,42,48H,4,25-26,28H2,1-3H3,(H,57,59)(H,58,63)/b60-41-/t42?,48-,75?/m1/s1. The number of rotatable bonds is 18. The quantitative estimate of drug-likeness (QED) is 0.0159. The van der Waals surface area contributed by atoms with Crippen LogP contribution < -0.4 is 20.8 Å². The van der Waals surface area contributed by atoms with E-state index >= 15 is 4.39 Å². The summed E-state index contributed by atoms with van der Waals surface area (Å²) in [6.45, 7) is 1.01. The molecule has 384 valence electrons. The molecule has 22 heteroatoms. The third-order valence-electron chi connectivity index (χ3n) is 12.1. The van der Waals surface area contributed by atoms with E-state index in [0.717, 1.165) is 33.4 Å². The van der Waals surface area contributed by atoms with Gasteiger partial charge in [0.2, 0.25) is 5.43 Å². The van der Waals surface area contributed by atoms with Crippen molar-refractivity contribution >= 4 is 89.9 Å². The van der Waals surface area contributed by atoms with Gasteiger partial charge in [-0.2, -0.15) is 0 Å². The first-order valence-electron chi connectivity index (χ1n) is 22.8. The summed E-state index contributed by atoms with van der Waals surface area (Å²) >= 11 is 2.37. The number of thioether (sulfide) groups is 1. The van der Waals surface area contributed by atoms with Gasteiger partial charge in [0.05, 0.1) is 39.2 Å². The molecule has 2 amide bonds. The van der Waals surface area contributed by atoms with E-state index in [1.54, 1.807) is 29.6 Å². The lowest BCUT2D eigenvalue weighted by molar-refractivity contribution is -0.153. The zero-order valence-corrected chi connectivity index (χ0v) is 43.1. The summed E-state index contributed by atoms with van der Waals surface area (Å²) in [5, 5.41) is 10.3. The molecule has 9 rings (SSSR count). The first kappa shape index (κ1) is 52.2. The molecule has 2 aliphatic heterocycles. The molecule has 0 bridgehead atoms. The number of methoxy groups -OCH3 is 1. The lowest BCUT2D eigenvalue weighted by atomic mass is 9.77. The lowest BCUT2D eigenvalue weighted by Gasteiger charge is -2.49. The Kier molecular flexibility index (Phi) is 15.6. The Morgan fingerprint density at radius 1 is 0.867 bits per heavy atom. The van der Waals surface area contributed by atoms with Crippen LogP contribution in [0.4, 0.5) is 18.3 Å². The number of fused-ring (bicyclic) bond motifs is 2. The molecule has 2 N–H and O–H groups in total. The molecule has 1 fully saturated rings. The van der Waals surface area contributed by atoms with E-state index in [-0.39, 0.29) is 45.9 Å². The minimum atomic E-state index is -2.04. The fourth-order valence-corrected chi connectivity index (χ4v) is 13.6. The second kappa shape index (κ2) is 22.4. The van der Waals surface area contributed by atoms with Crippen LogP contribution in [0.3, 0.4) is 0 Å². The normalized spacial score (nSPS) is 16.5. The average Bonchev–Trinajstić information content (AvgIpc) is 3.90. The van der Waals surface area contributed by atoms with Crippen LogP contribution in [0.2, 0.25) is 0 Å². The highest BCUT2D eigenvalue weighted by atomic mass is 32.2. The summed E-state index contributed by atoms with van der Waals surface area (Å²) in [5.41, 5.74) is -0.0142. The van der Waals surface area contributed by atoms with Gasteiger partial charge in [-0.15, -0.1) is 34.4 Å². The predicted octanol–water partition coefficient (Wildman–Crippen LogP) is 8.28. The van der Waals surface area contributed by atoms with Crippen molar-refractivity contribution in [3.63, 3.8) is 0 Å². The number of esters is 2. The number of thiazole rings is 1. The molecule has 2 unspecified atom stereocenters. The van der Waals surface area contributed by atoms with E-state index < -0.39 is 95.8 Å². The number of nitrogens with one attached hydrogen (secondary N) is 2. The van der Waals surface area contributed by atoms with Gasteiger partial charge in [-0.1, -0.05) is 108 Å². The molecule has 0 aliphatic carbocycles. The second-order valence-corrected chi connectivity index (χ2v) is 21.2. The van der Waals surface area contributed by atoms with Crippen LogP contribution in [0.15, 0.2) is 152 Å². The van der Waals surface area contributed by atoms with Gasteiger partial charge in [-0.05, 0) is 52.9 Å². The molecule has 15 nitrogen and oxygen atoms in total. The van der Waals surface area contributed by atoms with Crippen molar-refractivity contribution in [1.82, 2.24) is 15.2 Å². The predicted molar refractivity (Wildman–Crippen MR) is 279 cm³/mol. The van der Waals surface area contributed by atoms with E-state index in [1.807, 2.05) is 91.0 Å². The number of ether oxygens (including phenoxy) is 3. The number of carbonyl (C=O) groups is 4. The fourth-order valence-electron chi connectivity index (χ4n) is 8.63. The van der Waals surface area contributed by atoms with Gasteiger partial charge in [-0.25, -0.2) is 27.7 Å². The maximum atomic E-state index is 15.2. The summed E-state index contributed by atoms with van der Waals surface area (Å²) in [6.07, 6.45) is 0. The van der Waals surface area contributed by atoms with Crippen molar-refractivity contribution in [2.45, 2.75) is 34.7 Å². The largest absolute Gasteiger partial charge is 0.497 e. The number of oxime groups is 1. The number of benzene rings is 5. The topological polar surface area (TPSA) is 192 Å². The minimum absolute atomic E-state index is 0.0504. The highest BCUT2D eigenvalue weighted by Crippen LogP contribution is 2.42. The molecule has 2 aliphatic rings. The van der Waals surface area contributed by atoms with Gasteiger partial charge in [0, 0.05) is 16.5 Å². The highest BCUT2D eigenvalue weighted by Gasteiger charge is 2.57. The maximum Gasteiger partial charge on any atom is 0.355 e. The van der Waals surface area contributed by atoms with Crippen LogP contribution in [-0.2, 0) is 51.6 Å². The monoisotopic (exact) mass is 1090 g/mol. The van der Waals surface area contributed by atoms with Crippen LogP contribution >= 0.6 is 34.4 Å². The molecule has 3 atom stereocenters. The summed E-state index contributed by atoms with van der Waals surface area (Å²) < 4.78 is 73.6. The van der Waals surface area contributed by atoms with Crippen LogP contribution in [0.1, 0.15) is 45.2 Å². The van der Waals surface area contributed by atoms with Crippen molar-refractivity contribution in [2.24, 2.45) is 5.16 Å². The number of anilines is 1. The maximum absolute atomic E-state index is 15.2. The summed E-state index contributed by atoms with van der Waals surface area (Å²) in [7, 11) is 0.673. The SMILES string of the molecule is CCOC(=O)c1c(SCC2=C(C(=O)OCc3ccc(OC)cc3)N3C(=O)C(NC(=O)/C(=N\OC)c4csc(NC(c5ccccc5)(c5ccccc5)c5ccccc5)n4)[C@H]3S(=O)C2)sc2c(F)c(F)c(F)cc2c1=O. The number of nitrogens with zero attached hydrogens (tertiary/aromatic N) is 3. The van der Waals surface area contributed by atoms with E-state index in [9.17, 15) is 37.0 Å². The first-order valence-corrected chi connectivity index (χ1v) is 26.8. The van der Waals surface area contributed by atoms with E-state index in [2.05, 4.69) is 15.8 Å². The van der Waals surface area contributed by atoms with Crippen LogP contribution in [0, 0.1) is 17.5 Å². The second-order valence-electron chi connectivity index (χ2n) is 16.6. The van der Waals surface area contributed by atoms with Crippen molar-refractivity contribution in [2.75, 3.05) is 37.6 Å². The molecule has 5 aromatic carbocycles. The Balaban J connectivity index is 1.02. The summed E-state index contributed by atoms with van der Waals surface area (Å²) in [4.78, 5) is 80.6. The third kappa shape index (κ3) is 10.2. The molecule has 7 aromatic rings. The Morgan fingerprint density at radius 3 is 2.08 bits per heavy atom. The molecular weight excluding hydrogens is 1050 g/mol. The summed E-state index contributed by atoms with van der Waals surface area (Å²) in [5.74, 6) is -9.26. The Labute approximate surface area is 440 Å². The molecule has 1 saturated heterocycles. The third-order valence-corrected chi connectivity index (χ3v) is 17.1. The number of carbonyl (C=O) groups excluding carboxylic acids is 4. The molecule has 2 aromatic heterocycles. The fraction of sp³-hybridized carbons (Fsp3) is 0.189. The van der Waals surface area contributed by atoms with Gasteiger partial charge in [-0.3, -0.25) is 23.5 Å². The number of hydrogen-bond donors (Lipinski definition) is 2. The van der Waals surface area contributed by atoms with Gasteiger partial charge in [0.15, 0.2) is 28.3 Å². The average molecular weight is 1090 g/mol. The Hall–Kier alpha value is -7.66. The molecule has 0 saturated carbocycles. The van der Waals surface area contributed by atoms with Crippen molar-refractivity contribution in [1.29, 1.82) is 0 Å². The van der Waals surface area contributed by atoms with Crippen molar-refractivity contribution < 1.29 is 55.6 Å². The zero-order chi connectivity index (χ0) is 53.0. The first-order chi connectivity index (χ1) is 36.3. The molecule has 0 radical (unpaired) electrons. The Morgan fingerprint density at radius 2 is 1.49 bits per heavy atom. The van der Waals surface area contributed by atoms with Gasteiger partial charge < -0.3 is 29.7 Å². The van der Waals surface area contributed by atoms with Gasteiger partial charge in [0.25, 0.3) is 11.8 Å². The minimum Gasteiger partial charge on any atom is -0.497 e. The van der Waals surface area contributed by atoms with Gasteiger partial charge in [0.1, 0.15) is 53.4 Å². The van der Waals surface area contributed by atoms with Crippen molar-refractivity contribution in [3.8, 4) is 5.75 Å². The molecule has 75 heavy (non-hydrogen) atoms. The van der Waals surface area contributed by atoms with Gasteiger partial charge >= 0.3 is 11.9 Å². The number of β-lactam (4-membered cyclic amide) rings is 1. The van der Waals surface area contributed by atoms with Crippen LogP contribution in [0.5, 0.6) is 5.75 Å². The zero-order valence-electron chi connectivity index (χ0n) is 39.8. The smallest absolute Gasteiger partial charge is 0.355 e. The molecular formula is C53H42F3N5O10S4. The molecule has 4 heterocycles. The number of amides is 2. The highest BCUT2D eigenvalue weighted by molar-refractivity contribution is 8.01. The van der Waals surface area contributed by atoms with E-state index in [4.69, 9.17) is 24.0 Å². The number of hydrogen-bond acceptors (Lipinski definition) is 16. The number of aromatic nitrogens is 1. The molecule has 0 spiro atoms. The number of halogens is 3. The lowest BCUT2D eigenvalue weighted by Crippen LogP contribution is -2.74. The summed E-state index contributed by atoms with van der Waals surface area (Å²) in [6, 6.07) is 34.9. The van der Waals surface area contributed by atoms with E-state index in [1.165, 1.54) is 32.5 Å². The van der Waals surface area contributed by atoms with Crippen molar-refractivity contribution in [3.05, 3.63) is 199 Å².